The van der Waals surface area contributed by atoms with Crippen molar-refractivity contribution in [1.29, 1.82) is 0 Å². The molecule has 0 atom stereocenters. The Morgan fingerprint density at radius 1 is 1.21 bits per heavy atom. The van der Waals surface area contributed by atoms with Crippen LogP contribution in [0.25, 0.3) is 11.3 Å². The van der Waals surface area contributed by atoms with Crippen molar-refractivity contribution in [2.75, 3.05) is 32.6 Å². The van der Waals surface area contributed by atoms with Gasteiger partial charge in [0.15, 0.2) is 0 Å². The van der Waals surface area contributed by atoms with Crippen molar-refractivity contribution < 1.29 is 14.3 Å². The lowest BCUT2D eigenvalue weighted by Gasteiger charge is -2.31. The molecule has 0 bridgehead atoms. The quantitative estimate of drug-likeness (QED) is 0.524. The second-order valence-electron chi connectivity index (χ2n) is 8.46. The first-order chi connectivity index (χ1) is 16.4. The zero-order valence-electron chi connectivity index (χ0n) is 19.8. The SMILES string of the molecule is COc1cc(C(=O)N2CCC(OC)CC2)ccc1Nc1ncc(Cl)c(-c2cnn(C(C)C)c2)n1. The highest BCUT2D eigenvalue weighted by Gasteiger charge is 2.24. The predicted molar refractivity (Wildman–Crippen MR) is 131 cm³/mol. The number of nitrogens with one attached hydrogen (secondary N) is 1. The highest BCUT2D eigenvalue weighted by Crippen LogP contribution is 2.31. The van der Waals surface area contributed by atoms with E-state index in [1.54, 1.807) is 44.8 Å². The highest BCUT2D eigenvalue weighted by atomic mass is 35.5. The van der Waals surface area contributed by atoms with Crippen molar-refractivity contribution >= 4 is 29.1 Å². The molecule has 1 amide bonds. The second kappa shape index (κ2) is 10.4. The molecule has 1 N–H and O–H groups in total. The highest BCUT2D eigenvalue weighted by molar-refractivity contribution is 6.32. The minimum Gasteiger partial charge on any atom is -0.495 e. The van der Waals surface area contributed by atoms with Crippen molar-refractivity contribution in [2.24, 2.45) is 0 Å². The van der Waals surface area contributed by atoms with Gasteiger partial charge in [-0.1, -0.05) is 11.6 Å². The van der Waals surface area contributed by atoms with Crippen LogP contribution in [0.2, 0.25) is 5.02 Å². The largest absolute Gasteiger partial charge is 0.495 e. The van der Waals surface area contributed by atoms with Crippen LogP contribution in [0, 0.1) is 0 Å². The molecule has 1 aromatic carbocycles. The summed E-state index contributed by atoms with van der Waals surface area (Å²) in [6.07, 6.45) is 7.08. The summed E-state index contributed by atoms with van der Waals surface area (Å²) in [4.78, 5) is 23.7. The van der Waals surface area contributed by atoms with Gasteiger partial charge in [0.05, 0.1) is 42.0 Å². The molecule has 1 fully saturated rings. The van der Waals surface area contributed by atoms with Crippen molar-refractivity contribution in [1.82, 2.24) is 24.6 Å². The van der Waals surface area contributed by atoms with E-state index in [0.29, 0.717) is 46.8 Å². The van der Waals surface area contributed by atoms with Crippen LogP contribution < -0.4 is 10.1 Å². The molecule has 1 saturated heterocycles. The summed E-state index contributed by atoms with van der Waals surface area (Å²) in [5.41, 5.74) is 2.59. The number of carbonyl (C=O) groups excluding carboxylic acids is 1. The number of hydrogen-bond donors (Lipinski definition) is 1. The Morgan fingerprint density at radius 2 is 1.97 bits per heavy atom. The number of methoxy groups -OCH3 is 2. The number of halogens is 1. The van der Waals surface area contributed by atoms with E-state index < -0.39 is 0 Å². The Hall–Kier alpha value is -3.17. The third-order valence-corrected chi connectivity index (χ3v) is 6.18. The topological polar surface area (TPSA) is 94.4 Å². The molecule has 2 aromatic heterocycles. The molecule has 180 valence electrons. The lowest BCUT2D eigenvalue weighted by Crippen LogP contribution is -2.40. The molecular weight excluding hydrogens is 456 g/mol. The van der Waals surface area contributed by atoms with Crippen LogP contribution in [-0.4, -0.2) is 64.0 Å². The minimum absolute atomic E-state index is 0.0217. The molecule has 3 aromatic rings. The molecule has 0 aliphatic carbocycles. The average Bonchev–Trinajstić information content (AvgIpc) is 3.35. The Balaban J connectivity index is 1.53. The van der Waals surface area contributed by atoms with Gasteiger partial charge in [0.2, 0.25) is 5.95 Å². The van der Waals surface area contributed by atoms with Crippen LogP contribution in [0.3, 0.4) is 0 Å². The zero-order chi connectivity index (χ0) is 24.2. The number of likely N-dealkylation sites (tertiary alicyclic amines) is 1. The molecule has 3 heterocycles. The monoisotopic (exact) mass is 484 g/mol. The maximum atomic E-state index is 13.0. The fourth-order valence-electron chi connectivity index (χ4n) is 3.90. The van der Waals surface area contributed by atoms with E-state index in [1.165, 1.54) is 0 Å². The number of carbonyl (C=O) groups is 1. The first kappa shape index (κ1) is 24.0. The standard InChI is InChI=1S/C24H29ClN6O3/c1-15(2)31-14-17(12-27-31)22-19(25)13-26-24(29-22)28-20-6-5-16(11-21(20)34-4)23(32)30-9-7-18(33-3)8-10-30/h5-6,11-15,18H,7-10H2,1-4H3,(H,26,28,29). The maximum absolute atomic E-state index is 13.0. The third kappa shape index (κ3) is 5.15. The Kier molecular flexibility index (Phi) is 7.33. The summed E-state index contributed by atoms with van der Waals surface area (Å²) in [5.74, 6) is 0.854. The van der Waals surface area contributed by atoms with Gasteiger partial charge in [-0.3, -0.25) is 9.48 Å². The lowest BCUT2D eigenvalue weighted by atomic mass is 10.1. The first-order valence-corrected chi connectivity index (χ1v) is 11.6. The van der Waals surface area contributed by atoms with Crippen LogP contribution in [0.15, 0.2) is 36.8 Å². The molecule has 0 saturated carbocycles. The number of aromatic nitrogens is 4. The normalized spacial score (nSPS) is 14.5. The van der Waals surface area contributed by atoms with E-state index in [4.69, 9.17) is 21.1 Å². The number of hydrogen-bond acceptors (Lipinski definition) is 7. The van der Waals surface area contributed by atoms with Crippen LogP contribution in [-0.2, 0) is 4.74 Å². The maximum Gasteiger partial charge on any atom is 0.253 e. The van der Waals surface area contributed by atoms with Crippen molar-refractivity contribution in [3.8, 4) is 17.0 Å². The Morgan fingerprint density at radius 3 is 2.62 bits per heavy atom. The first-order valence-electron chi connectivity index (χ1n) is 11.2. The van der Waals surface area contributed by atoms with Gasteiger partial charge in [-0.25, -0.2) is 9.97 Å². The van der Waals surface area contributed by atoms with Crippen molar-refractivity contribution in [2.45, 2.75) is 38.8 Å². The number of rotatable bonds is 7. The molecular formula is C24H29ClN6O3. The molecule has 0 spiro atoms. The summed E-state index contributed by atoms with van der Waals surface area (Å²) in [6, 6.07) is 5.53. The van der Waals surface area contributed by atoms with E-state index in [0.717, 1.165) is 18.4 Å². The van der Waals surface area contributed by atoms with Crippen molar-refractivity contribution in [3.05, 3.63) is 47.4 Å². The van der Waals surface area contributed by atoms with E-state index >= 15 is 0 Å². The molecule has 1 aliphatic rings. The number of anilines is 2. The number of piperidine rings is 1. The minimum atomic E-state index is -0.0217. The van der Waals surface area contributed by atoms with E-state index in [1.807, 2.05) is 29.6 Å². The number of amides is 1. The lowest BCUT2D eigenvalue weighted by molar-refractivity contribution is 0.0350. The number of ether oxygens (including phenoxy) is 2. The predicted octanol–water partition coefficient (Wildman–Crippen LogP) is 4.58. The summed E-state index contributed by atoms with van der Waals surface area (Å²) < 4.78 is 12.8. The summed E-state index contributed by atoms with van der Waals surface area (Å²) in [5, 5.41) is 7.97. The molecule has 9 nitrogen and oxygen atoms in total. The van der Waals surface area contributed by atoms with Gasteiger partial charge in [-0.2, -0.15) is 5.10 Å². The van der Waals surface area contributed by atoms with E-state index in [2.05, 4.69) is 20.4 Å². The van der Waals surface area contributed by atoms with Gasteiger partial charge in [-0.05, 0) is 44.9 Å². The second-order valence-corrected chi connectivity index (χ2v) is 8.87. The number of benzene rings is 1. The molecule has 1 aliphatic heterocycles. The molecule has 4 rings (SSSR count). The van der Waals surface area contributed by atoms with E-state index in [-0.39, 0.29) is 18.1 Å². The van der Waals surface area contributed by atoms with Crippen LogP contribution in [0.4, 0.5) is 11.6 Å². The van der Waals surface area contributed by atoms with Crippen LogP contribution >= 0.6 is 11.6 Å². The Labute approximate surface area is 204 Å². The molecule has 34 heavy (non-hydrogen) atoms. The fourth-order valence-corrected chi connectivity index (χ4v) is 4.10. The summed E-state index contributed by atoms with van der Waals surface area (Å²) >= 11 is 6.36. The molecule has 10 heteroatoms. The van der Waals surface area contributed by atoms with E-state index in [9.17, 15) is 4.79 Å². The molecule has 0 unspecified atom stereocenters. The van der Waals surface area contributed by atoms with Gasteiger partial charge in [-0.15, -0.1) is 0 Å². The average molecular weight is 485 g/mol. The smallest absolute Gasteiger partial charge is 0.253 e. The third-order valence-electron chi connectivity index (χ3n) is 5.91. The fraction of sp³-hybridized carbons (Fsp3) is 0.417. The van der Waals surface area contributed by atoms with Gasteiger partial charge in [0.25, 0.3) is 5.91 Å². The zero-order valence-corrected chi connectivity index (χ0v) is 20.5. The van der Waals surface area contributed by atoms with Gasteiger partial charge < -0.3 is 19.7 Å². The van der Waals surface area contributed by atoms with Crippen LogP contribution in [0.1, 0.15) is 43.1 Å². The molecule has 0 radical (unpaired) electrons. The van der Waals surface area contributed by atoms with Gasteiger partial charge >= 0.3 is 0 Å². The Bertz CT molecular complexity index is 1160. The number of nitrogens with zero attached hydrogens (tertiary/aromatic N) is 5. The van der Waals surface area contributed by atoms with Crippen LogP contribution in [0.5, 0.6) is 5.75 Å². The van der Waals surface area contributed by atoms with Gasteiger partial charge in [0.1, 0.15) is 5.75 Å². The summed E-state index contributed by atoms with van der Waals surface area (Å²) in [6.45, 7) is 5.45. The summed E-state index contributed by atoms with van der Waals surface area (Å²) in [7, 11) is 3.28. The van der Waals surface area contributed by atoms with Gasteiger partial charge in [0, 0.05) is 43.6 Å². The van der Waals surface area contributed by atoms with Crippen molar-refractivity contribution in [3.63, 3.8) is 0 Å².